The van der Waals surface area contributed by atoms with Crippen LogP contribution in [0.4, 0.5) is 21.2 Å². The van der Waals surface area contributed by atoms with Crippen LogP contribution in [0.25, 0.3) is 45.4 Å². The number of fused-ring (bicyclic) bond motifs is 2. The van der Waals surface area contributed by atoms with Crippen LogP contribution in [0.15, 0.2) is 202 Å². The zero-order valence-electron chi connectivity index (χ0n) is 55.3. The van der Waals surface area contributed by atoms with Crippen LogP contribution in [0.3, 0.4) is 0 Å². The minimum Gasteiger partial charge on any atom is -0.508 e. The topological polar surface area (TPSA) is 278 Å². The molecule has 100 heavy (non-hydrogen) atoms. The molecule has 516 valence electrons. The summed E-state index contributed by atoms with van der Waals surface area (Å²) in [5.74, 6) is 5.15. The third-order valence-electron chi connectivity index (χ3n) is 15.6. The second-order valence-electron chi connectivity index (χ2n) is 24.0. The van der Waals surface area contributed by atoms with E-state index in [1.54, 1.807) is 93.2 Å². The summed E-state index contributed by atoms with van der Waals surface area (Å²) in [5.41, 5.74) is 6.92. The van der Waals surface area contributed by atoms with Crippen LogP contribution in [0.1, 0.15) is 50.2 Å². The van der Waals surface area contributed by atoms with Crippen LogP contribution in [0.2, 0.25) is 10.0 Å². The van der Waals surface area contributed by atoms with Crippen molar-refractivity contribution in [2.45, 2.75) is 71.2 Å². The summed E-state index contributed by atoms with van der Waals surface area (Å²) in [5, 5.41) is 78.6. The van der Waals surface area contributed by atoms with E-state index in [1.807, 2.05) is 130 Å². The largest absolute Gasteiger partial charge is 0.508 e. The predicted molar refractivity (Wildman–Crippen MR) is 398 cm³/mol. The number of urea groups is 2. The molecule has 0 bridgehead atoms. The molecule has 28 heteroatoms. The van der Waals surface area contributed by atoms with Gasteiger partial charge < -0.3 is 40.5 Å². The summed E-state index contributed by atoms with van der Waals surface area (Å²) < 4.78 is 18.1. The number of aromatic hydroxyl groups is 2. The highest BCUT2D eigenvalue weighted by molar-refractivity contribution is 7.99. The maximum absolute atomic E-state index is 13.4. The molecule has 22 nitrogen and oxygen atoms in total. The van der Waals surface area contributed by atoms with Crippen LogP contribution in [-0.2, 0) is 23.9 Å². The highest BCUT2D eigenvalue weighted by atomic mass is 35.5. The number of hydrogen-bond donors (Lipinski definition) is 8. The zero-order chi connectivity index (χ0) is 70.5. The number of hydrogen-bond acceptors (Lipinski definition) is 18. The summed E-state index contributed by atoms with van der Waals surface area (Å²) in [6.07, 6.45) is 7.96. The molecule has 0 fully saturated rings. The van der Waals surface area contributed by atoms with Crippen molar-refractivity contribution in [3.05, 3.63) is 215 Å². The first-order chi connectivity index (χ1) is 48.3. The third kappa shape index (κ3) is 17.6. The number of phenols is 2. The lowest BCUT2D eigenvalue weighted by atomic mass is 9.92. The van der Waals surface area contributed by atoms with Crippen molar-refractivity contribution in [1.82, 2.24) is 59.4 Å². The molecule has 6 aromatic heterocycles. The summed E-state index contributed by atoms with van der Waals surface area (Å²) in [4.78, 5) is 30.5. The average molecular weight is 1460 g/mol. The van der Waals surface area contributed by atoms with E-state index in [0.29, 0.717) is 67.3 Å². The molecule has 0 saturated carbocycles. The van der Waals surface area contributed by atoms with Crippen molar-refractivity contribution in [2.75, 3.05) is 61.1 Å². The van der Waals surface area contributed by atoms with Gasteiger partial charge in [0.1, 0.15) is 47.8 Å². The Morgan fingerprint density at radius 3 is 1.45 bits per heavy atom. The Bertz CT molecular complexity index is 4540. The van der Waals surface area contributed by atoms with Crippen LogP contribution >= 0.6 is 70.2 Å². The molecule has 6 aromatic carbocycles. The number of thioether (sulfide) groups is 2. The summed E-state index contributed by atoms with van der Waals surface area (Å²) in [6.45, 7) is 9.34. The van der Waals surface area contributed by atoms with E-state index in [-0.39, 0.29) is 73.9 Å². The van der Waals surface area contributed by atoms with E-state index in [9.17, 15) is 19.8 Å². The van der Waals surface area contributed by atoms with Gasteiger partial charge in [0.2, 0.25) is 0 Å². The lowest BCUT2D eigenvalue weighted by molar-refractivity contribution is 0.201. The number of amides is 4. The Kier molecular flexibility index (Phi) is 23.5. The fraction of sp³-hybridized carbons (Fsp3) is 0.222. The number of halogens is 2. The van der Waals surface area contributed by atoms with Gasteiger partial charge in [0.15, 0.2) is 22.9 Å². The molecule has 0 saturated heterocycles. The minimum atomic E-state index is -0.375. The zero-order valence-corrected chi connectivity index (χ0v) is 60.0. The molecule has 8 N–H and O–H groups in total. The lowest BCUT2D eigenvalue weighted by Crippen LogP contribution is -2.29. The number of anilines is 2. The molecule has 12 aromatic rings. The molecule has 0 unspecified atom stereocenters. The molecular formula is C72H72Cl2N14O8S4. The van der Waals surface area contributed by atoms with E-state index >= 15 is 0 Å². The maximum Gasteiger partial charge on any atom is 0.320 e. The van der Waals surface area contributed by atoms with Gasteiger partial charge in [0.25, 0.3) is 0 Å². The van der Waals surface area contributed by atoms with E-state index in [4.69, 9.17) is 53.1 Å². The van der Waals surface area contributed by atoms with Gasteiger partial charge in [-0.1, -0.05) is 111 Å². The first-order valence-corrected chi connectivity index (χ1v) is 36.6. The molecule has 0 radical (unpaired) electrons. The quantitative estimate of drug-likeness (QED) is 0.0250. The monoisotopic (exact) mass is 1460 g/mol. The smallest absolute Gasteiger partial charge is 0.320 e. The van der Waals surface area contributed by atoms with Gasteiger partial charge >= 0.3 is 12.1 Å². The van der Waals surface area contributed by atoms with Crippen molar-refractivity contribution in [2.24, 2.45) is 0 Å². The molecule has 4 amide bonds. The normalized spacial score (nSPS) is 11.5. The number of ether oxygens (including phenoxy) is 2. The minimum absolute atomic E-state index is 0.0566. The van der Waals surface area contributed by atoms with Crippen molar-refractivity contribution in [1.29, 1.82) is 0 Å². The summed E-state index contributed by atoms with van der Waals surface area (Å²) in [6, 6.07) is 50.7. The lowest BCUT2D eigenvalue weighted by Gasteiger charge is -2.20. The van der Waals surface area contributed by atoms with Crippen molar-refractivity contribution in [3.63, 3.8) is 0 Å². The highest BCUT2D eigenvalue weighted by Gasteiger charge is 2.28. The van der Waals surface area contributed by atoms with Gasteiger partial charge in [-0.05, 0) is 145 Å². The summed E-state index contributed by atoms with van der Waals surface area (Å²) >= 11 is 19.2. The highest BCUT2D eigenvalue weighted by Crippen LogP contribution is 2.38. The number of carbonyl (C=O) groups is 2. The Balaban J connectivity index is 0.000000202. The SMILES string of the molecule is CSCC(C)(C)c1cc(NC(=O)NCc2ccccc2Sc2ccc3nnc(-c4cc(Cl)ccc4O)n3c2)n(-c2ccc(OCCO)cc2)n1.CSCC(C)(C)c1cc(NC(=O)NCc2ccccc2Sc2ccc3nnc(-c4cc(O)ccc4Cl)n3c2)n(-c2ccc(OCCO)cc2)n1. The van der Waals surface area contributed by atoms with E-state index < -0.39 is 0 Å². The third-order valence-corrected chi connectivity index (χ3v) is 20.4. The fourth-order valence-electron chi connectivity index (χ4n) is 10.6. The number of phenolic OH excluding ortho intramolecular Hbond substituents is 2. The Hall–Kier alpha value is -9.38. The summed E-state index contributed by atoms with van der Waals surface area (Å²) in [7, 11) is 0. The van der Waals surface area contributed by atoms with Gasteiger partial charge in [0, 0.05) is 90.1 Å². The molecule has 0 aliphatic heterocycles. The Morgan fingerprint density at radius 2 is 0.990 bits per heavy atom. The van der Waals surface area contributed by atoms with Gasteiger partial charge in [-0.3, -0.25) is 19.4 Å². The van der Waals surface area contributed by atoms with Gasteiger partial charge in [-0.2, -0.15) is 33.7 Å². The molecule has 0 aliphatic rings. The average Bonchev–Trinajstić information content (AvgIpc) is 1.67. The van der Waals surface area contributed by atoms with Crippen LogP contribution < -0.4 is 30.7 Å². The number of nitrogens with zero attached hydrogens (tertiary/aromatic N) is 10. The first-order valence-electron chi connectivity index (χ1n) is 31.5. The predicted octanol–water partition coefficient (Wildman–Crippen LogP) is 14.9. The molecule has 0 atom stereocenters. The van der Waals surface area contributed by atoms with Crippen molar-refractivity contribution in [3.8, 4) is 57.1 Å². The number of benzene rings is 6. The molecular weight excluding hydrogens is 1390 g/mol. The molecule has 6 heterocycles. The van der Waals surface area contributed by atoms with Gasteiger partial charge in [-0.15, -0.1) is 20.4 Å². The van der Waals surface area contributed by atoms with Crippen LogP contribution in [-0.4, -0.2) is 132 Å². The Morgan fingerprint density at radius 1 is 0.530 bits per heavy atom. The number of pyridine rings is 2. The van der Waals surface area contributed by atoms with Gasteiger partial charge in [-0.25, -0.2) is 19.0 Å². The molecule has 0 spiro atoms. The maximum atomic E-state index is 13.4. The van der Waals surface area contributed by atoms with E-state index in [1.165, 1.54) is 23.9 Å². The van der Waals surface area contributed by atoms with E-state index in [0.717, 1.165) is 65.0 Å². The van der Waals surface area contributed by atoms with Crippen LogP contribution in [0.5, 0.6) is 23.0 Å². The molecule has 12 rings (SSSR count). The Labute approximate surface area is 604 Å². The fourth-order valence-corrected chi connectivity index (χ4v) is 14.6. The number of nitrogens with one attached hydrogen (secondary N) is 4. The number of aliphatic hydroxyl groups excluding tert-OH is 2. The van der Waals surface area contributed by atoms with Gasteiger partial charge in [0.05, 0.1) is 46.6 Å². The number of carbonyl (C=O) groups excluding carboxylic acids is 2. The second-order valence-corrected chi connectivity index (χ2v) is 28.8. The van der Waals surface area contributed by atoms with Crippen LogP contribution in [0, 0.1) is 0 Å². The number of rotatable bonds is 26. The van der Waals surface area contributed by atoms with Crippen molar-refractivity contribution >= 4 is 105 Å². The first kappa shape index (κ1) is 71.9. The standard InChI is InChI=1S/2C36H36ClN7O4S2/c1-36(2,22-49-3)31-19-33(44(42-31)25-9-11-26(12-10-25)48-17-16-45)39-35(47)38-20-23-6-4-5-7-30(23)50-27-13-15-32-40-41-34(43(32)21-27)28-18-24(37)8-14-29(28)46;1-36(2,22-49-3)31-19-33(44(42-31)24-8-11-26(12-9-24)48-17-16-45)39-35(47)38-20-23-6-4-5-7-30(23)50-27-13-15-32-40-41-34(43(32)21-27)28-18-25(46)10-14-29(28)37/h2*4-15,18-19,21,45-46H,16-17,20,22H2,1-3H3,(H2,38,39,47). The second kappa shape index (κ2) is 32.7. The molecule has 0 aliphatic carbocycles. The number of aliphatic hydroxyl groups is 2. The van der Waals surface area contributed by atoms with E-state index in [2.05, 4.69) is 81.9 Å². The number of aromatic nitrogens is 10. The van der Waals surface area contributed by atoms with Crippen molar-refractivity contribution < 1.29 is 39.5 Å².